The second kappa shape index (κ2) is 5.75. The van der Waals surface area contributed by atoms with Crippen molar-refractivity contribution in [3.8, 4) is 0 Å². The van der Waals surface area contributed by atoms with E-state index < -0.39 is 0 Å². The van der Waals surface area contributed by atoms with Crippen LogP contribution in [0.5, 0.6) is 0 Å². The molecule has 5 heteroatoms. The Balaban J connectivity index is 1.65. The SMILES string of the molecule is Clc1ccc2c(c1)CN=C(N/N=C/c1ccccc1)N2. The van der Waals surface area contributed by atoms with Gasteiger partial charge in [0.2, 0.25) is 5.96 Å². The zero-order valence-electron chi connectivity index (χ0n) is 10.7. The molecular weight excluding hydrogens is 272 g/mol. The van der Waals surface area contributed by atoms with Crippen molar-refractivity contribution in [3.05, 3.63) is 64.7 Å². The van der Waals surface area contributed by atoms with E-state index in [0.29, 0.717) is 12.5 Å². The molecular formula is C15H13ClN4. The Morgan fingerprint density at radius 3 is 2.90 bits per heavy atom. The molecule has 0 saturated carbocycles. The first-order valence-corrected chi connectivity index (χ1v) is 6.63. The second-order valence-electron chi connectivity index (χ2n) is 4.37. The minimum atomic E-state index is 0.589. The number of nitrogens with zero attached hydrogens (tertiary/aromatic N) is 2. The average Bonchev–Trinajstić information content (AvgIpc) is 2.48. The minimum Gasteiger partial charge on any atom is -0.325 e. The highest BCUT2D eigenvalue weighted by Crippen LogP contribution is 2.23. The number of halogens is 1. The minimum absolute atomic E-state index is 0.589. The number of rotatable bonds is 2. The molecule has 1 aliphatic rings. The van der Waals surface area contributed by atoms with Crippen molar-refractivity contribution >= 4 is 29.5 Å². The van der Waals surface area contributed by atoms with Gasteiger partial charge in [-0.25, -0.2) is 10.4 Å². The largest absolute Gasteiger partial charge is 0.325 e. The number of fused-ring (bicyclic) bond motifs is 1. The normalized spacial score (nSPS) is 13.6. The van der Waals surface area contributed by atoms with E-state index in [0.717, 1.165) is 21.8 Å². The molecule has 2 aromatic rings. The molecule has 2 N–H and O–H groups in total. The maximum Gasteiger partial charge on any atom is 0.216 e. The van der Waals surface area contributed by atoms with Crippen LogP contribution in [0.3, 0.4) is 0 Å². The Kier molecular flexibility index (Phi) is 3.65. The van der Waals surface area contributed by atoms with Gasteiger partial charge in [-0.05, 0) is 29.3 Å². The first kappa shape index (κ1) is 12.7. The molecule has 0 unspecified atom stereocenters. The Morgan fingerprint density at radius 2 is 2.05 bits per heavy atom. The van der Waals surface area contributed by atoms with Gasteiger partial charge < -0.3 is 5.32 Å². The summed E-state index contributed by atoms with van der Waals surface area (Å²) in [6.07, 6.45) is 1.75. The van der Waals surface area contributed by atoms with E-state index in [1.165, 1.54) is 0 Å². The van der Waals surface area contributed by atoms with E-state index >= 15 is 0 Å². The summed E-state index contributed by atoms with van der Waals surface area (Å²) in [5.74, 6) is 0.631. The van der Waals surface area contributed by atoms with Gasteiger partial charge in [-0.2, -0.15) is 5.10 Å². The molecule has 4 nitrogen and oxygen atoms in total. The van der Waals surface area contributed by atoms with Gasteiger partial charge in [-0.1, -0.05) is 41.9 Å². The molecule has 0 aliphatic carbocycles. The van der Waals surface area contributed by atoms with Crippen LogP contribution in [0.4, 0.5) is 5.69 Å². The average molecular weight is 285 g/mol. The van der Waals surface area contributed by atoms with Crippen molar-refractivity contribution in [2.75, 3.05) is 5.32 Å². The molecule has 1 heterocycles. The zero-order valence-corrected chi connectivity index (χ0v) is 11.4. The van der Waals surface area contributed by atoms with Crippen molar-refractivity contribution in [1.82, 2.24) is 5.43 Å². The number of hydrogen-bond acceptors (Lipinski definition) is 4. The summed E-state index contributed by atoms with van der Waals surface area (Å²) in [4.78, 5) is 4.37. The van der Waals surface area contributed by atoms with E-state index in [4.69, 9.17) is 11.6 Å². The van der Waals surface area contributed by atoms with Crippen LogP contribution >= 0.6 is 11.6 Å². The Morgan fingerprint density at radius 1 is 1.20 bits per heavy atom. The van der Waals surface area contributed by atoms with Crippen molar-refractivity contribution in [3.63, 3.8) is 0 Å². The first-order valence-electron chi connectivity index (χ1n) is 6.25. The molecule has 1 aliphatic heterocycles. The van der Waals surface area contributed by atoms with Gasteiger partial charge in [0.05, 0.1) is 12.8 Å². The van der Waals surface area contributed by atoms with Crippen molar-refractivity contribution in [2.24, 2.45) is 10.1 Å². The molecule has 2 aromatic carbocycles. The highest BCUT2D eigenvalue weighted by atomic mass is 35.5. The molecule has 0 spiro atoms. The molecule has 0 radical (unpaired) electrons. The van der Waals surface area contributed by atoms with Gasteiger partial charge in [0.1, 0.15) is 0 Å². The number of hydrogen-bond donors (Lipinski definition) is 2. The Labute approximate surface area is 122 Å². The zero-order chi connectivity index (χ0) is 13.8. The lowest BCUT2D eigenvalue weighted by Gasteiger charge is -2.17. The number of hydrazone groups is 1. The van der Waals surface area contributed by atoms with Crippen LogP contribution < -0.4 is 10.7 Å². The summed E-state index contributed by atoms with van der Waals surface area (Å²) < 4.78 is 0. The molecule has 0 fully saturated rings. The van der Waals surface area contributed by atoms with Gasteiger partial charge in [0, 0.05) is 10.7 Å². The monoisotopic (exact) mass is 284 g/mol. The first-order chi connectivity index (χ1) is 9.81. The number of benzene rings is 2. The van der Waals surface area contributed by atoms with Gasteiger partial charge in [-0.15, -0.1) is 0 Å². The van der Waals surface area contributed by atoms with Gasteiger partial charge in [-0.3, -0.25) is 0 Å². The van der Waals surface area contributed by atoms with E-state index in [9.17, 15) is 0 Å². The van der Waals surface area contributed by atoms with Crippen molar-refractivity contribution in [1.29, 1.82) is 0 Å². The predicted molar refractivity (Wildman–Crippen MR) is 83.4 cm³/mol. The summed E-state index contributed by atoms with van der Waals surface area (Å²) in [6.45, 7) is 0.589. The maximum atomic E-state index is 5.95. The van der Waals surface area contributed by atoms with E-state index in [1.807, 2.05) is 48.5 Å². The lowest BCUT2D eigenvalue weighted by molar-refractivity contribution is 0.955. The smallest absolute Gasteiger partial charge is 0.216 e. The third kappa shape index (κ3) is 2.97. The van der Waals surface area contributed by atoms with E-state index in [2.05, 4.69) is 20.8 Å². The summed E-state index contributed by atoms with van der Waals surface area (Å²) in [5.41, 5.74) is 6.01. The Hall–Kier alpha value is -2.33. The highest BCUT2D eigenvalue weighted by Gasteiger charge is 2.10. The third-order valence-corrected chi connectivity index (χ3v) is 3.15. The summed E-state index contributed by atoms with van der Waals surface area (Å²) >= 11 is 5.95. The molecule has 0 aromatic heterocycles. The van der Waals surface area contributed by atoms with Crippen LogP contribution in [-0.2, 0) is 6.54 Å². The predicted octanol–water partition coefficient (Wildman–Crippen LogP) is 3.25. The van der Waals surface area contributed by atoms with Crippen LogP contribution in [0.15, 0.2) is 58.6 Å². The third-order valence-electron chi connectivity index (χ3n) is 2.91. The standard InChI is InChI=1S/C15H13ClN4/c16-13-6-7-14-12(8-13)10-17-15(19-14)20-18-9-11-4-2-1-3-5-11/h1-9H,10H2,(H2,17,19,20)/b18-9+. The second-order valence-corrected chi connectivity index (χ2v) is 4.81. The van der Waals surface area contributed by atoms with Crippen molar-refractivity contribution < 1.29 is 0 Å². The Bertz CT molecular complexity index is 665. The van der Waals surface area contributed by atoms with E-state index in [-0.39, 0.29) is 0 Å². The van der Waals surface area contributed by atoms with Crippen LogP contribution in [0, 0.1) is 0 Å². The van der Waals surface area contributed by atoms with E-state index in [1.54, 1.807) is 6.21 Å². The van der Waals surface area contributed by atoms with Gasteiger partial charge >= 0.3 is 0 Å². The lowest BCUT2D eigenvalue weighted by atomic mass is 10.1. The molecule has 100 valence electrons. The van der Waals surface area contributed by atoms with Crippen LogP contribution in [0.2, 0.25) is 5.02 Å². The molecule has 0 saturated heterocycles. The lowest BCUT2D eigenvalue weighted by Crippen LogP contribution is -2.29. The maximum absolute atomic E-state index is 5.95. The fourth-order valence-corrected chi connectivity index (χ4v) is 2.11. The summed E-state index contributed by atoms with van der Waals surface area (Å²) in [5, 5.41) is 8.06. The molecule has 0 bridgehead atoms. The highest BCUT2D eigenvalue weighted by molar-refractivity contribution is 6.30. The quantitative estimate of drug-likeness (QED) is 0.657. The van der Waals surface area contributed by atoms with Crippen molar-refractivity contribution in [2.45, 2.75) is 6.54 Å². The van der Waals surface area contributed by atoms with Crippen LogP contribution in [-0.4, -0.2) is 12.2 Å². The molecule has 20 heavy (non-hydrogen) atoms. The summed E-state index contributed by atoms with van der Waals surface area (Å²) in [6, 6.07) is 15.6. The van der Waals surface area contributed by atoms with Crippen LogP contribution in [0.25, 0.3) is 0 Å². The summed E-state index contributed by atoms with van der Waals surface area (Å²) in [7, 11) is 0. The fraction of sp³-hybridized carbons (Fsp3) is 0.0667. The number of aliphatic imine (C=N–C) groups is 1. The molecule has 0 amide bonds. The number of guanidine groups is 1. The van der Waals surface area contributed by atoms with Gasteiger partial charge in [0.15, 0.2) is 0 Å². The number of anilines is 1. The topological polar surface area (TPSA) is 48.8 Å². The molecule has 3 rings (SSSR count). The fourth-order valence-electron chi connectivity index (χ4n) is 1.92. The van der Waals surface area contributed by atoms with Crippen LogP contribution in [0.1, 0.15) is 11.1 Å². The number of nitrogens with one attached hydrogen (secondary N) is 2. The van der Waals surface area contributed by atoms with Gasteiger partial charge in [0.25, 0.3) is 0 Å². The molecule has 0 atom stereocenters.